The van der Waals surface area contributed by atoms with E-state index in [2.05, 4.69) is 45.3 Å². The van der Waals surface area contributed by atoms with Gasteiger partial charge in [-0.15, -0.1) is 0 Å². The molecule has 4 heterocycles. The van der Waals surface area contributed by atoms with Gasteiger partial charge in [0.15, 0.2) is 0 Å². The number of aromatic nitrogens is 1. The number of rotatable bonds is 4. The van der Waals surface area contributed by atoms with E-state index in [9.17, 15) is 0 Å². The largest absolute Gasteiger partial charge is 0.380 e. The van der Waals surface area contributed by atoms with Gasteiger partial charge < -0.3 is 4.74 Å². The van der Waals surface area contributed by atoms with Crippen LogP contribution >= 0.6 is 0 Å². The molecule has 0 aliphatic carbocycles. The molecule has 22 heavy (non-hydrogen) atoms. The van der Waals surface area contributed by atoms with E-state index < -0.39 is 0 Å². The van der Waals surface area contributed by atoms with Crippen LogP contribution < -0.4 is 5.01 Å². The molecule has 2 fully saturated rings. The Morgan fingerprint density at radius 3 is 2.68 bits per heavy atom. The third-order valence-electron chi connectivity index (χ3n) is 4.82. The van der Waals surface area contributed by atoms with Crippen molar-refractivity contribution >= 4 is 5.69 Å². The fourth-order valence-corrected chi connectivity index (χ4v) is 3.45. The van der Waals surface area contributed by atoms with Crippen LogP contribution in [-0.4, -0.2) is 61.3 Å². The first-order valence-corrected chi connectivity index (χ1v) is 8.25. The number of hydrogen-bond acceptors (Lipinski definition) is 5. The molecule has 4 rings (SSSR count). The molecule has 0 atom stereocenters. The van der Waals surface area contributed by atoms with E-state index >= 15 is 0 Å². The second kappa shape index (κ2) is 5.99. The van der Waals surface area contributed by atoms with Gasteiger partial charge in [-0.25, -0.2) is 5.01 Å². The molecule has 1 aromatic rings. The summed E-state index contributed by atoms with van der Waals surface area (Å²) in [7, 11) is 2.14. The van der Waals surface area contributed by atoms with Crippen molar-refractivity contribution in [1.29, 1.82) is 0 Å². The quantitative estimate of drug-likeness (QED) is 0.847. The van der Waals surface area contributed by atoms with Crippen molar-refractivity contribution in [2.24, 2.45) is 0 Å². The van der Waals surface area contributed by atoms with Crippen LogP contribution in [-0.2, 0) is 4.74 Å². The maximum Gasteiger partial charge on any atom is 0.0756 e. The molecule has 0 spiro atoms. The van der Waals surface area contributed by atoms with Crippen LogP contribution in [0.1, 0.15) is 24.5 Å². The Kier molecular flexibility index (Phi) is 3.86. The zero-order valence-electron chi connectivity index (χ0n) is 13.2. The fraction of sp³-hybridized carbons (Fsp3) is 0.588. The number of pyridine rings is 1. The summed E-state index contributed by atoms with van der Waals surface area (Å²) in [4.78, 5) is 7.18. The second-order valence-corrected chi connectivity index (χ2v) is 6.61. The molecule has 0 unspecified atom stereocenters. The molecular weight excluding hydrogens is 276 g/mol. The first-order chi connectivity index (χ1) is 10.8. The highest BCUT2D eigenvalue weighted by molar-refractivity contribution is 5.49. The van der Waals surface area contributed by atoms with E-state index in [1.165, 1.54) is 31.5 Å². The molecule has 5 heteroatoms. The molecule has 0 radical (unpaired) electrons. The topological polar surface area (TPSA) is 31.8 Å². The molecule has 0 saturated carbocycles. The zero-order chi connectivity index (χ0) is 14.9. The SMILES string of the molecule is CN1CC(CN2CCCC2)=CN1c1ccc(C2COC2)nc1. The smallest absolute Gasteiger partial charge is 0.0756 e. The normalized spacial score (nSPS) is 23.9. The highest BCUT2D eigenvalue weighted by Gasteiger charge is 2.24. The summed E-state index contributed by atoms with van der Waals surface area (Å²) in [6.45, 7) is 6.24. The molecular formula is C17H24N4O. The van der Waals surface area contributed by atoms with Gasteiger partial charge in [0.1, 0.15) is 0 Å². The molecule has 0 aromatic carbocycles. The van der Waals surface area contributed by atoms with Crippen molar-refractivity contribution in [2.75, 3.05) is 51.4 Å². The van der Waals surface area contributed by atoms with Crippen molar-refractivity contribution in [3.8, 4) is 0 Å². The van der Waals surface area contributed by atoms with Crippen LogP contribution in [0.25, 0.3) is 0 Å². The maximum atomic E-state index is 5.24. The number of likely N-dealkylation sites (N-methyl/N-ethyl adjacent to an activating group) is 1. The summed E-state index contributed by atoms with van der Waals surface area (Å²) < 4.78 is 5.24. The standard InChI is InChI=1S/C17H24N4O/c1-19-9-14(10-20-6-2-3-7-20)11-21(19)16-4-5-17(18-8-16)15-12-22-13-15/h4-5,8,11,15H,2-3,6-7,9-10,12-13H2,1H3. The summed E-state index contributed by atoms with van der Waals surface area (Å²) in [5.41, 5.74) is 3.78. The van der Waals surface area contributed by atoms with Crippen molar-refractivity contribution in [3.63, 3.8) is 0 Å². The summed E-state index contributed by atoms with van der Waals surface area (Å²) in [6.07, 6.45) is 6.97. The first kappa shape index (κ1) is 14.2. The van der Waals surface area contributed by atoms with Gasteiger partial charge in [-0.2, -0.15) is 0 Å². The third kappa shape index (κ3) is 2.76. The first-order valence-electron chi connectivity index (χ1n) is 8.25. The van der Waals surface area contributed by atoms with E-state index in [-0.39, 0.29) is 0 Å². The molecule has 5 nitrogen and oxygen atoms in total. The van der Waals surface area contributed by atoms with E-state index in [1.807, 2.05) is 6.20 Å². The Balaban J connectivity index is 1.45. The average molecular weight is 300 g/mol. The minimum absolute atomic E-state index is 0.492. The molecule has 118 valence electrons. The Morgan fingerprint density at radius 1 is 1.23 bits per heavy atom. The van der Waals surface area contributed by atoms with Gasteiger partial charge >= 0.3 is 0 Å². The van der Waals surface area contributed by atoms with Crippen LogP contribution in [0, 0.1) is 0 Å². The molecule has 3 aliphatic heterocycles. The van der Waals surface area contributed by atoms with E-state index in [0.29, 0.717) is 5.92 Å². The third-order valence-corrected chi connectivity index (χ3v) is 4.82. The van der Waals surface area contributed by atoms with Gasteiger partial charge in [0.2, 0.25) is 0 Å². The Labute approximate surface area is 132 Å². The minimum atomic E-state index is 0.492. The van der Waals surface area contributed by atoms with Gasteiger partial charge in [0.25, 0.3) is 0 Å². The van der Waals surface area contributed by atoms with Crippen LogP contribution in [0.2, 0.25) is 0 Å². The van der Waals surface area contributed by atoms with Crippen molar-refractivity contribution in [1.82, 2.24) is 14.9 Å². The Hall–Kier alpha value is -1.43. The average Bonchev–Trinajstić information content (AvgIpc) is 3.08. The molecule has 3 aliphatic rings. The molecule has 2 saturated heterocycles. The lowest BCUT2D eigenvalue weighted by Gasteiger charge is -2.27. The lowest BCUT2D eigenvalue weighted by molar-refractivity contribution is 0.00672. The lowest BCUT2D eigenvalue weighted by Crippen LogP contribution is -2.32. The maximum absolute atomic E-state index is 5.24. The van der Waals surface area contributed by atoms with Gasteiger partial charge in [-0.05, 0) is 43.6 Å². The highest BCUT2D eigenvalue weighted by atomic mass is 16.5. The molecule has 0 N–H and O–H groups in total. The number of ether oxygens (including phenoxy) is 1. The predicted octanol–water partition coefficient (Wildman–Crippen LogP) is 1.84. The second-order valence-electron chi connectivity index (χ2n) is 6.61. The zero-order valence-corrected chi connectivity index (χ0v) is 13.2. The van der Waals surface area contributed by atoms with Gasteiger partial charge in [0, 0.05) is 37.9 Å². The van der Waals surface area contributed by atoms with E-state index in [1.54, 1.807) is 0 Å². The van der Waals surface area contributed by atoms with Gasteiger partial charge in [-0.1, -0.05) is 0 Å². The van der Waals surface area contributed by atoms with Crippen LogP contribution in [0.5, 0.6) is 0 Å². The van der Waals surface area contributed by atoms with Crippen molar-refractivity contribution in [2.45, 2.75) is 18.8 Å². The van der Waals surface area contributed by atoms with Crippen LogP contribution in [0.4, 0.5) is 5.69 Å². The van der Waals surface area contributed by atoms with Gasteiger partial charge in [0.05, 0.1) is 25.1 Å². The number of likely N-dealkylation sites (tertiary alicyclic amines) is 1. The number of nitrogens with zero attached hydrogens (tertiary/aromatic N) is 4. The highest BCUT2D eigenvalue weighted by Crippen LogP contribution is 2.27. The van der Waals surface area contributed by atoms with E-state index in [0.717, 1.165) is 37.7 Å². The monoisotopic (exact) mass is 300 g/mol. The molecule has 0 bridgehead atoms. The van der Waals surface area contributed by atoms with Crippen molar-refractivity contribution in [3.05, 3.63) is 35.8 Å². The van der Waals surface area contributed by atoms with Crippen LogP contribution in [0.15, 0.2) is 30.1 Å². The summed E-state index contributed by atoms with van der Waals surface area (Å²) >= 11 is 0. The summed E-state index contributed by atoms with van der Waals surface area (Å²) in [5, 5.41) is 4.48. The lowest BCUT2D eigenvalue weighted by atomic mass is 10.0. The summed E-state index contributed by atoms with van der Waals surface area (Å²) in [6, 6.07) is 4.31. The Bertz CT molecular complexity index is 546. The molecule has 1 aromatic heterocycles. The minimum Gasteiger partial charge on any atom is -0.380 e. The fourth-order valence-electron chi connectivity index (χ4n) is 3.45. The number of hydrogen-bond donors (Lipinski definition) is 0. The molecule has 0 amide bonds. The van der Waals surface area contributed by atoms with Crippen molar-refractivity contribution < 1.29 is 4.74 Å². The number of anilines is 1. The van der Waals surface area contributed by atoms with Gasteiger partial charge in [-0.3, -0.25) is 14.9 Å². The van der Waals surface area contributed by atoms with Crippen LogP contribution in [0.3, 0.4) is 0 Å². The summed E-state index contributed by atoms with van der Waals surface area (Å²) in [5.74, 6) is 0.492. The number of hydrazine groups is 1. The Morgan fingerprint density at radius 2 is 2.05 bits per heavy atom. The predicted molar refractivity (Wildman–Crippen MR) is 86.7 cm³/mol. The van der Waals surface area contributed by atoms with E-state index in [4.69, 9.17) is 4.74 Å².